The maximum Gasteiger partial charge on any atom is 0.0100 e. The van der Waals surface area contributed by atoms with E-state index in [2.05, 4.69) is 33.0 Å². The molecule has 0 aromatic rings. The largest absolute Gasteiger partial charge is 0.313 e. The van der Waals surface area contributed by atoms with E-state index in [4.69, 9.17) is 0 Å². The Hall–Kier alpha value is -0.0400. The molecule has 0 bridgehead atoms. The van der Waals surface area contributed by atoms with Crippen molar-refractivity contribution in [2.45, 2.75) is 72.3 Å². The van der Waals surface area contributed by atoms with Gasteiger partial charge in [-0.05, 0) is 42.4 Å². The molecule has 0 aromatic heterocycles. The van der Waals surface area contributed by atoms with Gasteiger partial charge in [-0.3, -0.25) is 0 Å². The Kier molecular flexibility index (Phi) is 3.36. The number of hydrogen-bond donors (Lipinski definition) is 1. The average Bonchev–Trinajstić information content (AvgIpc) is 2.94. The number of nitrogens with one attached hydrogen (secondary N) is 1. The molecule has 2 aliphatic rings. The Morgan fingerprint density at radius 1 is 1.12 bits per heavy atom. The van der Waals surface area contributed by atoms with Crippen LogP contribution < -0.4 is 5.32 Å². The minimum atomic E-state index is 0.475. The third kappa shape index (κ3) is 3.00. The Morgan fingerprint density at radius 3 is 2.31 bits per heavy atom. The predicted octanol–water partition coefficient (Wildman–Crippen LogP) is 3.98. The van der Waals surface area contributed by atoms with Gasteiger partial charge >= 0.3 is 0 Å². The van der Waals surface area contributed by atoms with E-state index in [1.165, 1.54) is 45.1 Å². The van der Waals surface area contributed by atoms with Crippen LogP contribution in [0.5, 0.6) is 0 Å². The van der Waals surface area contributed by atoms with Crippen LogP contribution in [0.2, 0.25) is 0 Å². The highest BCUT2D eigenvalue weighted by molar-refractivity contribution is 4.94. The van der Waals surface area contributed by atoms with Crippen molar-refractivity contribution in [3.8, 4) is 0 Å². The van der Waals surface area contributed by atoms with Gasteiger partial charge < -0.3 is 5.32 Å². The zero-order valence-electron chi connectivity index (χ0n) is 11.6. The van der Waals surface area contributed by atoms with Gasteiger partial charge in [-0.1, -0.05) is 40.5 Å². The third-order valence-corrected chi connectivity index (χ3v) is 4.77. The first-order chi connectivity index (χ1) is 7.41. The molecular formula is C15H29N. The summed E-state index contributed by atoms with van der Waals surface area (Å²) in [6, 6.07) is 0.783. The first-order valence-corrected chi connectivity index (χ1v) is 7.14. The molecule has 0 spiro atoms. The fraction of sp³-hybridized carbons (Fsp3) is 1.00. The minimum absolute atomic E-state index is 0.475. The van der Waals surface area contributed by atoms with Crippen LogP contribution in [-0.2, 0) is 0 Å². The van der Waals surface area contributed by atoms with E-state index in [1.54, 1.807) is 0 Å². The molecular weight excluding hydrogens is 194 g/mol. The molecule has 0 amide bonds. The van der Waals surface area contributed by atoms with Crippen LogP contribution in [0.25, 0.3) is 0 Å². The molecule has 0 radical (unpaired) electrons. The summed E-state index contributed by atoms with van der Waals surface area (Å²) in [5, 5.41) is 3.88. The van der Waals surface area contributed by atoms with Crippen LogP contribution in [-0.4, -0.2) is 12.6 Å². The monoisotopic (exact) mass is 223 g/mol. The molecule has 0 aliphatic heterocycles. The van der Waals surface area contributed by atoms with Crippen molar-refractivity contribution in [2.24, 2.45) is 16.7 Å². The second-order valence-corrected chi connectivity index (χ2v) is 7.56. The maximum absolute atomic E-state index is 3.88. The minimum Gasteiger partial charge on any atom is -0.313 e. The summed E-state index contributed by atoms with van der Waals surface area (Å²) in [5.41, 5.74) is 1.13. The van der Waals surface area contributed by atoms with Crippen molar-refractivity contribution in [1.82, 2.24) is 5.32 Å². The lowest BCUT2D eigenvalue weighted by atomic mass is 9.69. The molecule has 2 atom stereocenters. The van der Waals surface area contributed by atoms with Crippen molar-refractivity contribution in [3.05, 3.63) is 0 Å². The topological polar surface area (TPSA) is 12.0 Å². The summed E-state index contributed by atoms with van der Waals surface area (Å²) in [5.74, 6) is 0.878. The standard InChI is InChI=1S/C15H29N/c1-14(2,3)12-7-5-6-8-13(12)16-11-15(4)9-10-15/h12-13,16H,5-11H2,1-4H3. The van der Waals surface area contributed by atoms with Gasteiger partial charge in [-0.25, -0.2) is 0 Å². The normalized spacial score (nSPS) is 33.8. The smallest absolute Gasteiger partial charge is 0.0100 e. The van der Waals surface area contributed by atoms with E-state index in [1.807, 2.05) is 0 Å². The van der Waals surface area contributed by atoms with Crippen LogP contribution in [0, 0.1) is 16.7 Å². The van der Waals surface area contributed by atoms with Crippen LogP contribution in [0.15, 0.2) is 0 Å². The average molecular weight is 223 g/mol. The van der Waals surface area contributed by atoms with E-state index < -0.39 is 0 Å². The molecule has 1 N–H and O–H groups in total. The van der Waals surface area contributed by atoms with Gasteiger partial charge in [0.1, 0.15) is 0 Å². The molecule has 16 heavy (non-hydrogen) atoms. The fourth-order valence-electron chi connectivity index (χ4n) is 3.18. The highest BCUT2D eigenvalue weighted by atomic mass is 14.9. The Bertz CT molecular complexity index is 234. The van der Waals surface area contributed by atoms with Crippen LogP contribution in [0.1, 0.15) is 66.2 Å². The molecule has 2 saturated carbocycles. The SMILES string of the molecule is CC1(CNC2CCCCC2C(C)(C)C)CC1. The summed E-state index contributed by atoms with van der Waals surface area (Å²) in [7, 11) is 0. The Balaban J connectivity index is 1.88. The zero-order valence-corrected chi connectivity index (χ0v) is 11.6. The second-order valence-electron chi connectivity index (χ2n) is 7.56. The highest BCUT2D eigenvalue weighted by Crippen LogP contribution is 2.45. The summed E-state index contributed by atoms with van der Waals surface area (Å²) in [4.78, 5) is 0. The fourth-order valence-corrected chi connectivity index (χ4v) is 3.18. The van der Waals surface area contributed by atoms with Crippen molar-refractivity contribution in [2.75, 3.05) is 6.54 Å². The summed E-state index contributed by atoms with van der Waals surface area (Å²) >= 11 is 0. The molecule has 0 aromatic carbocycles. The number of rotatable bonds is 3. The van der Waals surface area contributed by atoms with Gasteiger partial charge in [0.05, 0.1) is 0 Å². The number of hydrogen-bond acceptors (Lipinski definition) is 1. The molecule has 94 valence electrons. The molecule has 2 fully saturated rings. The first-order valence-electron chi connectivity index (χ1n) is 7.14. The zero-order chi connectivity index (χ0) is 11.8. The van der Waals surface area contributed by atoms with Gasteiger partial charge in [-0.2, -0.15) is 0 Å². The van der Waals surface area contributed by atoms with E-state index in [0.29, 0.717) is 10.8 Å². The van der Waals surface area contributed by atoms with Gasteiger partial charge in [0.25, 0.3) is 0 Å². The van der Waals surface area contributed by atoms with E-state index in [0.717, 1.165) is 12.0 Å². The van der Waals surface area contributed by atoms with Gasteiger partial charge in [-0.15, -0.1) is 0 Å². The second kappa shape index (κ2) is 4.33. The van der Waals surface area contributed by atoms with E-state index in [9.17, 15) is 0 Å². The molecule has 1 heteroatoms. The Labute approximate surface area is 101 Å². The molecule has 2 unspecified atom stereocenters. The van der Waals surface area contributed by atoms with E-state index in [-0.39, 0.29) is 0 Å². The van der Waals surface area contributed by atoms with Crippen LogP contribution >= 0.6 is 0 Å². The lowest BCUT2D eigenvalue weighted by molar-refractivity contribution is 0.127. The van der Waals surface area contributed by atoms with Crippen LogP contribution in [0.4, 0.5) is 0 Å². The third-order valence-electron chi connectivity index (χ3n) is 4.77. The molecule has 2 aliphatic carbocycles. The molecule has 0 saturated heterocycles. The summed E-state index contributed by atoms with van der Waals surface area (Å²) in [6.07, 6.45) is 8.58. The Morgan fingerprint density at radius 2 is 1.75 bits per heavy atom. The van der Waals surface area contributed by atoms with Crippen LogP contribution in [0.3, 0.4) is 0 Å². The molecule has 2 rings (SSSR count). The quantitative estimate of drug-likeness (QED) is 0.763. The van der Waals surface area contributed by atoms with Crippen molar-refractivity contribution in [1.29, 1.82) is 0 Å². The summed E-state index contributed by atoms with van der Waals surface area (Å²) in [6.45, 7) is 10.9. The maximum atomic E-state index is 3.88. The van der Waals surface area contributed by atoms with Gasteiger partial charge in [0, 0.05) is 12.6 Å². The molecule has 1 nitrogen and oxygen atoms in total. The van der Waals surface area contributed by atoms with Crippen molar-refractivity contribution < 1.29 is 0 Å². The van der Waals surface area contributed by atoms with Gasteiger partial charge in [0.15, 0.2) is 0 Å². The van der Waals surface area contributed by atoms with Crippen molar-refractivity contribution >= 4 is 0 Å². The summed E-state index contributed by atoms with van der Waals surface area (Å²) < 4.78 is 0. The predicted molar refractivity (Wildman–Crippen MR) is 70.5 cm³/mol. The van der Waals surface area contributed by atoms with Gasteiger partial charge in [0.2, 0.25) is 0 Å². The first kappa shape index (κ1) is 12.4. The lowest BCUT2D eigenvalue weighted by Gasteiger charge is -2.41. The van der Waals surface area contributed by atoms with E-state index >= 15 is 0 Å². The lowest BCUT2D eigenvalue weighted by Crippen LogP contribution is -2.45. The van der Waals surface area contributed by atoms with Crippen molar-refractivity contribution in [3.63, 3.8) is 0 Å². The highest BCUT2D eigenvalue weighted by Gasteiger charge is 2.39. The molecule has 0 heterocycles.